The van der Waals surface area contributed by atoms with Crippen molar-refractivity contribution in [1.82, 2.24) is 5.32 Å². The molecule has 0 saturated heterocycles. The molecule has 1 amide bonds. The van der Waals surface area contributed by atoms with Crippen LogP contribution < -0.4 is 10.2 Å². The van der Waals surface area contributed by atoms with Crippen LogP contribution in [-0.4, -0.2) is 63.5 Å². The van der Waals surface area contributed by atoms with Crippen LogP contribution >= 0.6 is 11.8 Å². The molecule has 1 unspecified atom stereocenters. The van der Waals surface area contributed by atoms with Gasteiger partial charge in [0.1, 0.15) is 6.04 Å². The number of esters is 2. The molecule has 0 saturated carbocycles. The first kappa shape index (κ1) is 23.1. The zero-order chi connectivity index (χ0) is 22.8. The molecule has 0 fully saturated rings. The van der Waals surface area contributed by atoms with Gasteiger partial charge in [0.25, 0.3) is 15.9 Å². The molecule has 3 rings (SSSR count). The van der Waals surface area contributed by atoms with E-state index in [4.69, 9.17) is 4.74 Å². The lowest BCUT2D eigenvalue weighted by Gasteiger charge is -2.22. The number of ether oxygens (including phenoxy) is 2. The Hall–Kier alpha value is -2.60. The molecule has 10 nitrogen and oxygen atoms in total. The Bertz CT molecular complexity index is 1040. The number of methoxy groups -OCH3 is 1. The number of nitrogens with one attached hydrogen (secondary N) is 1. The highest BCUT2D eigenvalue weighted by atomic mass is 32.2. The van der Waals surface area contributed by atoms with E-state index in [0.717, 1.165) is 17.4 Å². The number of benzene rings is 1. The summed E-state index contributed by atoms with van der Waals surface area (Å²) < 4.78 is 36.9. The average Bonchev–Trinajstić information content (AvgIpc) is 3.05. The number of carbonyl (C=O) groups excluding carboxylic acids is 3. The molecule has 0 bridgehead atoms. The van der Waals surface area contributed by atoms with E-state index in [1.807, 2.05) is 13.8 Å². The topological polar surface area (TPSA) is 131 Å². The molecule has 0 radical (unpaired) electrons. The molecule has 1 aromatic carbocycles. The van der Waals surface area contributed by atoms with Gasteiger partial charge in [0, 0.05) is 11.4 Å². The third-order valence-corrected chi connectivity index (χ3v) is 6.88. The number of hydrogen-bond acceptors (Lipinski definition) is 9. The first-order valence-corrected chi connectivity index (χ1v) is 12.0. The molecule has 1 aromatic rings. The smallest absolute Gasteiger partial charge is 0.338 e. The van der Waals surface area contributed by atoms with Crippen molar-refractivity contribution in [2.45, 2.75) is 31.2 Å². The molecule has 168 valence electrons. The van der Waals surface area contributed by atoms with Crippen LogP contribution in [0.25, 0.3) is 0 Å². The molecular weight excluding hydrogens is 446 g/mol. The standard InChI is InChI=1S/C19H23N3O7S2/c1-11(2)8-13(18(25)28-3)20-16(23)10-29-17(24)12-4-5-14-15(9-12)30-19-21-31(26,27)7-6-22(14)19/h4-5,9,11,13H,6-8,10H2,1-3H3,(H,20,23). The summed E-state index contributed by atoms with van der Waals surface area (Å²) in [6.07, 6.45) is 0.393. The second kappa shape index (κ2) is 9.27. The van der Waals surface area contributed by atoms with Crippen molar-refractivity contribution in [3.63, 3.8) is 0 Å². The van der Waals surface area contributed by atoms with Crippen molar-refractivity contribution in [3.05, 3.63) is 23.8 Å². The Labute approximate surface area is 184 Å². The van der Waals surface area contributed by atoms with E-state index in [-0.39, 0.29) is 17.2 Å². The number of carbonyl (C=O) groups is 3. The van der Waals surface area contributed by atoms with E-state index in [0.29, 0.717) is 23.0 Å². The molecule has 0 spiro atoms. The Kier molecular flexibility index (Phi) is 6.90. The van der Waals surface area contributed by atoms with Crippen molar-refractivity contribution in [3.8, 4) is 0 Å². The number of sulfonamides is 1. The Morgan fingerprint density at radius 1 is 1.29 bits per heavy atom. The monoisotopic (exact) mass is 469 g/mol. The van der Waals surface area contributed by atoms with Crippen molar-refractivity contribution < 1.29 is 32.3 Å². The largest absolute Gasteiger partial charge is 0.467 e. The maximum atomic E-state index is 12.4. The molecule has 31 heavy (non-hydrogen) atoms. The van der Waals surface area contributed by atoms with Gasteiger partial charge in [-0.2, -0.15) is 0 Å². The highest BCUT2D eigenvalue weighted by molar-refractivity contribution is 8.15. The quantitative estimate of drug-likeness (QED) is 0.584. The molecule has 2 aliphatic heterocycles. The Morgan fingerprint density at radius 3 is 2.71 bits per heavy atom. The molecular formula is C19H23N3O7S2. The van der Waals surface area contributed by atoms with Gasteiger partial charge in [-0.1, -0.05) is 13.8 Å². The minimum absolute atomic E-state index is 0.0707. The molecule has 12 heteroatoms. The van der Waals surface area contributed by atoms with Gasteiger partial charge >= 0.3 is 11.9 Å². The van der Waals surface area contributed by atoms with E-state index in [1.54, 1.807) is 23.1 Å². The lowest BCUT2D eigenvalue weighted by molar-refractivity contribution is -0.145. The number of amides is 1. The fraction of sp³-hybridized carbons (Fsp3) is 0.474. The number of anilines is 1. The summed E-state index contributed by atoms with van der Waals surface area (Å²) in [5.41, 5.74) is 0.983. The van der Waals surface area contributed by atoms with Crippen LogP contribution in [0.15, 0.2) is 27.5 Å². The van der Waals surface area contributed by atoms with Crippen LogP contribution in [0.3, 0.4) is 0 Å². The van der Waals surface area contributed by atoms with Crippen molar-refractivity contribution in [2.75, 3.05) is 30.9 Å². The lowest BCUT2D eigenvalue weighted by Crippen LogP contribution is -2.44. The number of amidine groups is 1. The van der Waals surface area contributed by atoms with Gasteiger partial charge in [0.2, 0.25) is 0 Å². The normalized spacial score (nSPS) is 17.3. The van der Waals surface area contributed by atoms with Crippen LogP contribution in [0.5, 0.6) is 0 Å². The van der Waals surface area contributed by atoms with Crippen molar-refractivity contribution in [1.29, 1.82) is 0 Å². The van der Waals surface area contributed by atoms with E-state index in [2.05, 4.69) is 14.5 Å². The lowest BCUT2D eigenvalue weighted by atomic mass is 10.0. The van der Waals surface area contributed by atoms with Gasteiger partial charge in [-0.3, -0.25) is 4.79 Å². The van der Waals surface area contributed by atoms with E-state index in [1.165, 1.54) is 7.11 Å². The first-order chi connectivity index (χ1) is 14.6. The Morgan fingerprint density at radius 2 is 2.03 bits per heavy atom. The van der Waals surface area contributed by atoms with E-state index >= 15 is 0 Å². The fourth-order valence-corrected chi connectivity index (χ4v) is 5.43. The third kappa shape index (κ3) is 5.56. The maximum Gasteiger partial charge on any atom is 0.338 e. The minimum Gasteiger partial charge on any atom is -0.467 e. The third-order valence-electron chi connectivity index (χ3n) is 4.57. The molecule has 0 aromatic heterocycles. The zero-order valence-corrected chi connectivity index (χ0v) is 18.9. The summed E-state index contributed by atoms with van der Waals surface area (Å²) in [7, 11) is -2.23. The molecule has 1 N–H and O–H groups in total. The minimum atomic E-state index is -3.47. The number of rotatable bonds is 7. The predicted molar refractivity (Wildman–Crippen MR) is 115 cm³/mol. The summed E-state index contributed by atoms with van der Waals surface area (Å²) in [6, 6.07) is 3.99. The summed E-state index contributed by atoms with van der Waals surface area (Å²) in [5.74, 6) is -1.81. The van der Waals surface area contributed by atoms with Gasteiger partial charge in [-0.05, 0) is 42.3 Å². The number of nitrogens with zero attached hydrogens (tertiary/aromatic N) is 2. The predicted octanol–water partition coefficient (Wildman–Crippen LogP) is 1.16. The Balaban J connectivity index is 1.61. The van der Waals surface area contributed by atoms with Gasteiger partial charge in [-0.25, -0.2) is 18.0 Å². The zero-order valence-electron chi connectivity index (χ0n) is 17.3. The second-order valence-corrected chi connectivity index (χ2v) is 10.2. The molecule has 2 heterocycles. The summed E-state index contributed by atoms with van der Waals surface area (Å²) in [6.45, 7) is 3.55. The van der Waals surface area contributed by atoms with Crippen molar-refractivity contribution in [2.24, 2.45) is 10.3 Å². The first-order valence-electron chi connectivity index (χ1n) is 9.56. The number of thioether (sulfide) groups is 1. The van der Waals surface area contributed by atoms with Crippen LogP contribution in [-0.2, 0) is 29.1 Å². The molecule has 2 aliphatic rings. The van der Waals surface area contributed by atoms with Gasteiger partial charge in [0.05, 0.1) is 24.1 Å². The van der Waals surface area contributed by atoms with E-state index < -0.39 is 40.5 Å². The fourth-order valence-electron chi connectivity index (χ4n) is 3.14. The van der Waals surface area contributed by atoms with Crippen molar-refractivity contribution >= 4 is 50.5 Å². The second-order valence-electron chi connectivity index (χ2n) is 7.45. The van der Waals surface area contributed by atoms with Gasteiger partial charge in [-0.15, -0.1) is 4.40 Å². The van der Waals surface area contributed by atoms with E-state index in [9.17, 15) is 22.8 Å². The molecule has 0 aliphatic carbocycles. The number of fused-ring (bicyclic) bond motifs is 3. The summed E-state index contributed by atoms with van der Waals surface area (Å²) in [4.78, 5) is 38.8. The summed E-state index contributed by atoms with van der Waals surface area (Å²) in [5, 5.41) is 2.87. The highest BCUT2D eigenvalue weighted by Crippen LogP contribution is 2.42. The van der Waals surface area contributed by atoms with Gasteiger partial charge < -0.3 is 19.7 Å². The highest BCUT2D eigenvalue weighted by Gasteiger charge is 2.33. The molecule has 1 atom stereocenters. The SMILES string of the molecule is COC(=O)C(CC(C)C)NC(=O)COC(=O)c1ccc2c(c1)SC1=NS(=O)(=O)CCN12. The average molecular weight is 470 g/mol. The summed E-state index contributed by atoms with van der Waals surface area (Å²) >= 11 is 1.16. The van der Waals surface area contributed by atoms with Gasteiger partial charge in [0.15, 0.2) is 11.8 Å². The van der Waals surface area contributed by atoms with Crippen LogP contribution in [0, 0.1) is 5.92 Å². The maximum absolute atomic E-state index is 12.4. The van der Waals surface area contributed by atoms with Crippen LogP contribution in [0.2, 0.25) is 0 Å². The van der Waals surface area contributed by atoms with Crippen LogP contribution in [0.1, 0.15) is 30.6 Å². The number of hydrogen-bond donors (Lipinski definition) is 1. The van der Waals surface area contributed by atoms with Crippen LogP contribution in [0.4, 0.5) is 5.69 Å².